The average Bonchev–Trinajstić information content (AvgIpc) is 2.97. The lowest BCUT2D eigenvalue weighted by molar-refractivity contribution is 0.284. The van der Waals surface area contributed by atoms with Gasteiger partial charge < -0.3 is 9.64 Å². The zero-order valence-electron chi connectivity index (χ0n) is 13.1. The quantitative estimate of drug-likeness (QED) is 0.653. The van der Waals surface area contributed by atoms with Crippen molar-refractivity contribution in [2.75, 3.05) is 27.2 Å². The summed E-state index contributed by atoms with van der Waals surface area (Å²) in [6.45, 7) is 1.74. The van der Waals surface area contributed by atoms with Gasteiger partial charge in [-0.3, -0.25) is 0 Å². The minimum absolute atomic E-state index is 0.716. The Morgan fingerprint density at radius 2 is 1.86 bits per heavy atom. The summed E-state index contributed by atoms with van der Waals surface area (Å²) >= 11 is 0. The molecular formula is C18H21N3O. The van der Waals surface area contributed by atoms with Crippen LogP contribution in [0.5, 0.6) is 5.75 Å². The molecule has 0 unspecified atom stereocenters. The van der Waals surface area contributed by atoms with Gasteiger partial charge in [0, 0.05) is 6.54 Å². The van der Waals surface area contributed by atoms with E-state index in [-0.39, 0.29) is 0 Å². The maximum atomic E-state index is 5.94. The Morgan fingerprint density at radius 1 is 1.05 bits per heavy atom. The maximum absolute atomic E-state index is 5.94. The van der Waals surface area contributed by atoms with Crippen LogP contribution in [0.25, 0.3) is 16.6 Å². The topological polar surface area (TPSA) is 30.3 Å². The van der Waals surface area contributed by atoms with E-state index in [0.29, 0.717) is 6.61 Å². The van der Waals surface area contributed by atoms with E-state index < -0.39 is 0 Å². The van der Waals surface area contributed by atoms with Crippen molar-refractivity contribution in [3.8, 4) is 11.4 Å². The Bertz CT molecular complexity index is 734. The molecule has 0 saturated heterocycles. The molecule has 0 atom stereocenters. The van der Waals surface area contributed by atoms with Crippen molar-refractivity contribution in [1.82, 2.24) is 14.7 Å². The van der Waals surface area contributed by atoms with E-state index in [1.165, 1.54) is 0 Å². The van der Waals surface area contributed by atoms with Gasteiger partial charge in [-0.15, -0.1) is 0 Å². The highest BCUT2D eigenvalue weighted by molar-refractivity contribution is 5.86. The first-order valence-corrected chi connectivity index (χ1v) is 7.55. The van der Waals surface area contributed by atoms with E-state index in [2.05, 4.69) is 42.3 Å². The maximum Gasteiger partial charge on any atom is 0.130 e. The largest absolute Gasteiger partial charge is 0.493 e. The minimum Gasteiger partial charge on any atom is -0.493 e. The van der Waals surface area contributed by atoms with Gasteiger partial charge in [0.2, 0.25) is 0 Å². The summed E-state index contributed by atoms with van der Waals surface area (Å²) < 4.78 is 7.89. The molecule has 0 aliphatic heterocycles. The van der Waals surface area contributed by atoms with E-state index in [4.69, 9.17) is 4.74 Å². The predicted molar refractivity (Wildman–Crippen MR) is 89.7 cm³/mol. The van der Waals surface area contributed by atoms with Gasteiger partial charge in [0.05, 0.1) is 29.4 Å². The van der Waals surface area contributed by atoms with Crippen LogP contribution < -0.4 is 4.74 Å². The van der Waals surface area contributed by atoms with E-state index in [1.54, 1.807) is 0 Å². The van der Waals surface area contributed by atoms with Crippen molar-refractivity contribution in [2.24, 2.45) is 0 Å². The first kappa shape index (κ1) is 14.6. The Balaban J connectivity index is 1.83. The molecule has 0 spiro atoms. The van der Waals surface area contributed by atoms with E-state index in [9.17, 15) is 0 Å². The molecule has 3 rings (SSSR count). The van der Waals surface area contributed by atoms with Crippen LogP contribution in [0.1, 0.15) is 6.42 Å². The third-order valence-electron chi connectivity index (χ3n) is 3.58. The lowest BCUT2D eigenvalue weighted by atomic mass is 10.2. The van der Waals surface area contributed by atoms with Crippen LogP contribution in [-0.2, 0) is 0 Å². The number of rotatable bonds is 6. The molecule has 3 aromatic rings. The number of nitrogens with zero attached hydrogens (tertiary/aromatic N) is 3. The van der Waals surface area contributed by atoms with Crippen LogP contribution in [0.15, 0.2) is 54.7 Å². The van der Waals surface area contributed by atoms with Gasteiger partial charge >= 0.3 is 0 Å². The fourth-order valence-corrected chi connectivity index (χ4v) is 2.49. The number of aromatic nitrogens is 2. The molecule has 0 bridgehead atoms. The minimum atomic E-state index is 0.716. The number of hydrogen-bond acceptors (Lipinski definition) is 3. The van der Waals surface area contributed by atoms with Crippen molar-refractivity contribution in [3.63, 3.8) is 0 Å². The lowest BCUT2D eigenvalue weighted by Gasteiger charge is -2.11. The fraction of sp³-hybridized carbons (Fsp3) is 0.278. The van der Waals surface area contributed by atoms with Gasteiger partial charge in [0.1, 0.15) is 5.75 Å². The summed E-state index contributed by atoms with van der Waals surface area (Å²) in [6, 6.07) is 16.2. The zero-order valence-corrected chi connectivity index (χ0v) is 13.1. The molecule has 2 aromatic carbocycles. The van der Waals surface area contributed by atoms with Crippen LogP contribution >= 0.6 is 0 Å². The molecule has 4 nitrogen and oxygen atoms in total. The molecule has 1 aromatic heterocycles. The zero-order chi connectivity index (χ0) is 15.4. The summed E-state index contributed by atoms with van der Waals surface area (Å²) in [5.74, 6) is 0.901. The number of ether oxygens (including phenoxy) is 1. The van der Waals surface area contributed by atoms with Crippen LogP contribution in [0.2, 0.25) is 0 Å². The highest BCUT2D eigenvalue weighted by Crippen LogP contribution is 2.27. The number of hydrogen-bond donors (Lipinski definition) is 0. The second-order valence-electron chi connectivity index (χ2n) is 5.59. The van der Waals surface area contributed by atoms with E-state index in [0.717, 1.165) is 35.3 Å². The first-order chi connectivity index (χ1) is 10.8. The van der Waals surface area contributed by atoms with Crippen molar-refractivity contribution >= 4 is 10.9 Å². The normalized spacial score (nSPS) is 11.2. The molecule has 0 amide bonds. The number of para-hydroxylation sites is 1. The van der Waals surface area contributed by atoms with Gasteiger partial charge in [0.25, 0.3) is 0 Å². The highest BCUT2D eigenvalue weighted by Gasteiger charge is 2.09. The molecule has 0 aliphatic carbocycles. The molecule has 0 radical (unpaired) electrons. The second-order valence-corrected chi connectivity index (χ2v) is 5.59. The highest BCUT2D eigenvalue weighted by atomic mass is 16.5. The van der Waals surface area contributed by atoms with Crippen molar-refractivity contribution in [3.05, 3.63) is 54.7 Å². The Labute approximate surface area is 130 Å². The molecule has 0 saturated carbocycles. The molecule has 0 aliphatic rings. The molecular weight excluding hydrogens is 274 g/mol. The summed E-state index contributed by atoms with van der Waals surface area (Å²) in [4.78, 5) is 2.16. The van der Waals surface area contributed by atoms with Crippen LogP contribution in [0.3, 0.4) is 0 Å². The first-order valence-electron chi connectivity index (χ1n) is 7.55. The monoisotopic (exact) mass is 295 g/mol. The summed E-state index contributed by atoms with van der Waals surface area (Å²) in [6.07, 6.45) is 2.89. The van der Waals surface area contributed by atoms with Gasteiger partial charge in [-0.05, 0) is 44.8 Å². The van der Waals surface area contributed by atoms with E-state index in [1.807, 2.05) is 41.2 Å². The van der Waals surface area contributed by atoms with Gasteiger partial charge in [0.15, 0.2) is 0 Å². The van der Waals surface area contributed by atoms with Gasteiger partial charge in [-0.2, -0.15) is 5.10 Å². The van der Waals surface area contributed by atoms with Crippen molar-refractivity contribution in [2.45, 2.75) is 6.42 Å². The smallest absolute Gasteiger partial charge is 0.130 e. The van der Waals surface area contributed by atoms with E-state index >= 15 is 0 Å². The summed E-state index contributed by atoms with van der Waals surface area (Å²) in [7, 11) is 4.15. The molecule has 114 valence electrons. The Morgan fingerprint density at radius 3 is 2.64 bits per heavy atom. The van der Waals surface area contributed by atoms with Crippen LogP contribution in [-0.4, -0.2) is 41.9 Å². The summed E-state index contributed by atoms with van der Waals surface area (Å²) in [5.41, 5.74) is 2.12. The number of benzene rings is 2. The SMILES string of the molecule is CN(C)CCCOc1cccc2c1cnn2-c1ccccc1. The molecule has 0 fully saturated rings. The van der Waals surface area contributed by atoms with Crippen LogP contribution in [0, 0.1) is 0 Å². The predicted octanol–water partition coefficient (Wildman–Crippen LogP) is 3.36. The lowest BCUT2D eigenvalue weighted by Crippen LogP contribution is -2.15. The Kier molecular flexibility index (Phi) is 4.39. The van der Waals surface area contributed by atoms with Gasteiger partial charge in [-0.1, -0.05) is 24.3 Å². The summed E-state index contributed by atoms with van der Waals surface area (Å²) in [5, 5.41) is 5.56. The molecule has 22 heavy (non-hydrogen) atoms. The average molecular weight is 295 g/mol. The van der Waals surface area contributed by atoms with Crippen LogP contribution in [0.4, 0.5) is 0 Å². The fourth-order valence-electron chi connectivity index (χ4n) is 2.49. The standard InChI is InChI=1S/C18H21N3O/c1-20(2)12-7-13-22-18-11-6-10-17-16(18)14-19-21(17)15-8-4-3-5-9-15/h3-6,8-11,14H,7,12-13H2,1-2H3. The number of fused-ring (bicyclic) bond motifs is 1. The van der Waals surface area contributed by atoms with Crippen molar-refractivity contribution in [1.29, 1.82) is 0 Å². The Hall–Kier alpha value is -2.33. The molecule has 0 N–H and O–H groups in total. The third kappa shape index (κ3) is 3.12. The molecule has 1 heterocycles. The van der Waals surface area contributed by atoms with Crippen molar-refractivity contribution < 1.29 is 4.74 Å². The van der Waals surface area contributed by atoms with Gasteiger partial charge in [-0.25, -0.2) is 4.68 Å². The molecule has 4 heteroatoms. The third-order valence-corrected chi connectivity index (χ3v) is 3.58. The second kappa shape index (κ2) is 6.62.